The Morgan fingerprint density at radius 2 is 2.00 bits per heavy atom. The van der Waals surface area contributed by atoms with E-state index in [9.17, 15) is 4.39 Å². The van der Waals surface area contributed by atoms with E-state index < -0.39 is 5.95 Å². The molecule has 12 heavy (non-hydrogen) atoms. The van der Waals surface area contributed by atoms with Crippen molar-refractivity contribution in [1.82, 2.24) is 4.98 Å². The molecule has 2 nitrogen and oxygen atoms in total. The molecular weight excluding hydrogens is 155 g/mol. The van der Waals surface area contributed by atoms with E-state index in [1.807, 2.05) is 0 Å². The molecule has 2 rings (SSSR count). The van der Waals surface area contributed by atoms with Crippen molar-refractivity contribution >= 4 is 16.6 Å². The van der Waals surface area contributed by atoms with Gasteiger partial charge in [0, 0.05) is 11.1 Å². The van der Waals surface area contributed by atoms with Crippen LogP contribution in [0.15, 0.2) is 30.3 Å². The number of pyridine rings is 1. The molecule has 1 heterocycles. The summed E-state index contributed by atoms with van der Waals surface area (Å²) in [5.41, 5.74) is 6.86. The lowest BCUT2D eigenvalue weighted by molar-refractivity contribution is 0.589. The highest BCUT2D eigenvalue weighted by atomic mass is 19.1. The SMILES string of the molecule is Nc1cccc2nc(F)ccc12. The van der Waals surface area contributed by atoms with E-state index in [0.29, 0.717) is 11.2 Å². The van der Waals surface area contributed by atoms with Gasteiger partial charge < -0.3 is 5.73 Å². The molecule has 60 valence electrons. The van der Waals surface area contributed by atoms with E-state index in [-0.39, 0.29) is 0 Å². The first-order valence-electron chi connectivity index (χ1n) is 3.58. The molecule has 1 aromatic heterocycles. The largest absolute Gasteiger partial charge is 0.398 e. The number of hydrogen-bond donors (Lipinski definition) is 1. The van der Waals surface area contributed by atoms with Crippen molar-refractivity contribution in [3.63, 3.8) is 0 Å². The Balaban J connectivity index is 2.86. The molecule has 0 fully saturated rings. The van der Waals surface area contributed by atoms with Gasteiger partial charge in [0.1, 0.15) is 0 Å². The summed E-state index contributed by atoms with van der Waals surface area (Å²) in [6, 6.07) is 8.19. The van der Waals surface area contributed by atoms with E-state index in [0.717, 1.165) is 5.39 Å². The van der Waals surface area contributed by atoms with Crippen LogP contribution in [-0.4, -0.2) is 4.98 Å². The van der Waals surface area contributed by atoms with Crippen molar-refractivity contribution in [2.45, 2.75) is 0 Å². The molecule has 0 radical (unpaired) electrons. The van der Waals surface area contributed by atoms with Gasteiger partial charge in [0.15, 0.2) is 0 Å². The molecular formula is C9H7FN2. The Morgan fingerprint density at radius 3 is 2.83 bits per heavy atom. The summed E-state index contributed by atoms with van der Waals surface area (Å²) in [5.74, 6) is -0.479. The van der Waals surface area contributed by atoms with Gasteiger partial charge >= 0.3 is 0 Å². The second kappa shape index (κ2) is 2.44. The minimum atomic E-state index is -0.479. The van der Waals surface area contributed by atoms with Crippen LogP contribution in [0, 0.1) is 5.95 Å². The number of rotatable bonds is 0. The summed E-state index contributed by atoms with van der Waals surface area (Å²) in [5, 5.41) is 0.791. The fourth-order valence-corrected chi connectivity index (χ4v) is 1.15. The smallest absolute Gasteiger partial charge is 0.213 e. The molecule has 0 amide bonds. The third-order valence-corrected chi connectivity index (χ3v) is 1.73. The Labute approximate surface area is 68.8 Å². The number of anilines is 1. The normalized spacial score (nSPS) is 10.4. The van der Waals surface area contributed by atoms with Gasteiger partial charge in [0.05, 0.1) is 5.52 Å². The summed E-state index contributed by atoms with van der Waals surface area (Å²) >= 11 is 0. The lowest BCUT2D eigenvalue weighted by Crippen LogP contribution is -1.89. The van der Waals surface area contributed by atoms with Crippen LogP contribution in [0.25, 0.3) is 10.9 Å². The zero-order valence-electron chi connectivity index (χ0n) is 6.29. The molecule has 2 N–H and O–H groups in total. The molecule has 1 aromatic carbocycles. The monoisotopic (exact) mass is 162 g/mol. The summed E-state index contributed by atoms with van der Waals surface area (Å²) in [7, 11) is 0. The second-order valence-electron chi connectivity index (χ2n) is 2.55. The van der Waals surface area contributed by atoms with Crippen LogP contribution in [0.4, 0.5) is 10.1 Å². The number of nitrogens with zero attached hydrogens (tertiary/aromatic N) is 1. The zero-order chi connectivity index (χ0) is 8.55. The van der Waals surface area contributed by atoms with Crippen molar-refractivity contribution < 1.29 is 4.39 Å². The molecule has 0 unspecified atom stereocenters. The van der Waals surface area contributed by atoms with Gasteiger partial charge in [-0.2, -0.15) is 4.39 Å². The fourth-order valence-electron chi connectivity index (χ4n) is 1.15. The minimum Gasteiger partial charge on any atom is -0.398 e. The number of nitrogens with two attached hydrogens (primary N) is 1. The molecule has 0 aliphatic heterocycles. The lowest BCUT2D eigenvalue weighted by atomic mass is 10.2. The average molecular weight is 162 g/mol. The highest BCUT2D eigenvalue weighted by molar-refractivity contribution is 5.89. The van der Waals surface area contributed by atoms with Gasteiger partial charge in [-0.1, -0.05) is 6.07 Å². The average Bonchev–Trinajstić information content (AvgIpc) is 2.04. The maximum atomic E-state index is 12.6. The standard InChI is InChI=1S/C9H7FN2/c10-9-5-4-6-7(11)2-1-3-8(6)12-9/h1-5H,11H2. The highest BCUT2D eigenvalue weighted by Crippen LogP contribution is 2.18. The molecule has 0 saturated carbocycles. The summed E-state index contributed by atoms with van der Waals surface area (Å²) in [4.78, 5) is 3.69. The van der Waals surface area contributed by atoms with Crippen LogP contribution in [0.5, 0.6) is 0 Å². The molecule has 3 heteroatoms. The van der Waals surface area contributed by atoms with Gasteiger partial charge in [-0.05, 0) is 24.3 Å². The number of aromatic nitrogens is 1. The summed E-state index contributed by atoms with van der Waals surface area (Å²) < 4.78 is 12.6. The van der Waals surface area contributed by atoms with Gasteiger partial charge in [0.25, 0.3) is 0 Å². The first-order chi connectivity index (χ1) is 5.77. The number of fused-ring (bicyclic) bond motifs is 1. The van der Waals surface area contributed by atoms with E-state index >= 15 is 0 Å². The predicted octanol–water partition coefficient (Wildman–Crippen LogP) is 1.96. The molecule has 0 bridgehead atoms. The van der Waals surface area contributed by atoms with Gasteiger partial charge in [0.2, 0.25) is 5.95 Å². The Morgan fingerprint density at radius 1 is 1.17 bits per heavy atom. The van der Waals surface area contributed by atoms with Crippen molar-refractivity contribution in [2.75, 3.05) is 5.73 Å². The highest BCUT2D eigenvalue weighted by Gasteiger charge is 1.98. The fraction of sp³-hybridized carbons (Fsp3) is 0. The first-order valence-corrected chi connectivity index (χ1v) is 3.58. The molecule has 0 spiro atoms. The third-order valence-electron chi connectivity index (χ3n) is 1.73. The number of nitrogen functional groups attached to an aromatic ring is 1. The van der Waals surface area contributed by atoms with Crippen molar-refractivity contribution in [3.05, 3.63) is 36.3 Å². The van der Waals surface area contributed by atoms with Crippen LogP contribution < -0.4 is 5.73 Å². The quantitative estimate of drug-likeness (QED) is 0.475. The molecule has 0 saturated heterocycles. The van der Waals surface area contributed by atoms with E-state index in [1.54, 1.807) is 24.3 Å². The molecule has 0 aliphatic carbocycles. The lowest BCUT2D eigenvalue weighted by Gasteiger charge is -1.99. The molecule has 0 aliphatic rings. The van der Waals surface area contributed by atoms with Crippen molar-refractivity contribution in [3.8, 4) is 0 Å². The first kappa shape index (κ1) is 7.03. The van der Waals surface area contributed by atoms with E-state index in [2.05, 4.69) is 4.98 Å². The maximum absolute atomic E-state index is 12.6. The van der Waals surface area contributed by atoms with Gasteiger partial charge in [-0.25, -0.2) is 4.98 Å². The Kier molecular flexibility index (Phi) is 1.43. The van der Waals surface area contributed by atoms with Crippen LogP contribution in [0.3, 0.4) is 0 Å². The summed E-state index contributed by atoms with van der Waals surface area (Å²) in [6.07, 6.45) is 0. The van der Waals surface area contributed by atoms with E-state index in [1.165, 1.54) is 6.07 Å². The zero-order valence-corrected chi connectivity index (χ0v) is 6.29. The minimum absolute atomic E-state index is 0.479. The molecule has 2 aromatic rings. The Bertz CT molecular complexity index is 426. The Hall–Kier alpha value is -1.64. The van der Waals surface area contributed by atoms with Crippen LogP contribution in [-0.2, 0) is 0 Å². The van der Waals surface area contributed by atoms with Gasteiger partial charge in [-0.3, -0.25) is 0 Å². The van der Waals surface area contributed by atoms with Crippen LogP contribution >= 0.6 is 0 Å². The van der Waals surface area contributed by atoms with E-state index in [4.69, 9.17) is 5.73 Å². The number of halogens is 1. The number of benzene rings is 1. The predicted molar refractivity (Wildman–Crippen MR) is 46.1 cm³/mol. The van der Waals surface area contributed by atoms with Crippen LogP contribution in [0.1, 0.15) is 0 Å². The topological polar surface area (TPSA) is 38.9 Å². The van der Waals surface area contributed by atoms with Crippen molar-refractivity contribution in [1.29, 1.82) is 0 Å². The summed E-state index contributed by atoms with van der Waals surface area (Å²) in [6.45, 7) is 0. The van der Waals surface area contributed by atoms with Crippen LogP contribution in [0.2, 0.25) is 0 Å². The van der Waals surface area contributed by atoms with Gasteiger partial charge in [-0.15, -0.1) is 0 Å². The van der Waals surface area contributed by atoms with Crippen molar-refractivity contribution in [2.24, 2.45) is 0 Å². The number of hydrogen-bond acceptors (Lipinski definition) is 2. The second-order valence-corrected chi connectivity index (χ2v) is 2.55. The third kappa shape index (κ3) is 0.993. The maximum Gasteiger partial charge on any atom is 0.213 e. The molecule has 0 atom stereocenters.